The molecule has 1 atom stereocenters. The van der Waals surface area contributed by atoms with Gasteiger partial charge in [0.05, 0.1) is 22.9 Å². The number of carboxylic acid groups (broad SMARTS) is 1. The average molecular weight is 286 g/mol. The topological polar surface area (TPSA) is 88.2 Å². The first kappa shape index (κ1) is 13.2. The molecule has 6 nitrogen and oxygen atoms in total. The van der Waals surface area contributed by atoms with E-state index >= 15 is 0 Å². The summed E-state index contributed by atoms with van der Waals surface area (Å²) in [5.74, 6) is -0.286. The lowest BCUT2D eigenvalue weighted by Crippen LogP contribution is -2.21. The van der Waals surface area contributed by atoms with Crippen LogP contribution in [-0.4, -0.2) is 20.6 Å². The molecule has 0 aliphatic rings. The van der Waals surface area contributed by atoms with E-state index in [1.165, 1.54) is 6.07 Å². The molecule has 1 unspecified atom stereocenters. The number of hydrogen-bond donors (Lipinski definition) is 2. The summed E-state index contributed by atoms with van der Waals surface area (Å²) >= 11 is 0. The number of benzene rings is 1. The fourth-order valence-electron chi connectivity index (χ4n) is 2.58. The van der Waals surface area contributed by atoms with Crippen LogP contribution in [0.4, 0.5) is 0 Å². The standard InChI is InChI=1S/C15H14N2O4/c1-9(8-10-4-3-7-21-10)17-12-6-2-5-11(14(18)19)13(12)16-15(17)20/h2-7,9H,8H2,1H3,(H,16,20)(H,18,19). The van der Waals surface area contributed by atoms with Gasteiger partial charge < -0.3 is 14.5 Å². The van der Waals surface area contributed by atoms with E-state index < -0.39 is 5.97 Å². The molecule has 2 heterocycles. The summed E-state index contributed by atoms with van der Waals surface area (Å²) < 4.78 is 6.86. The number of nitrogens with one attached hydrogen (secondary N) is 1. The lowest BCUT2D eigenvalue weighted by atomic mass is 10.1. The summed E-state index contributed by atoms with van der Waals surface area (Å²) in [6.07, 6.45) is 2.14. The van der Waals surface area contributed by atoms with Crippen molar-refractivity contribution in [3.8, 4) is 0 Å². The number of carboxylic acids is 1. The number of rotatable bonds is 4. The monoisotopic (exact) mass is 286 g/mol. The van der Waals surface area contributed by atoms with Crippen LogP contribution in [0.15, 0.2) is 45.8 Å². The second-order valence-electron chi connectivity index (χ2n) is 4.94. The normalized spacial score (nSPS) is 12.6. The van der Waals surface area contributed by atoms with Crippen LogP contribution in [0.25, 0.3) is 11.0 Å². The Morgan fingerprint density at radius 3 is 2.86 bits per heavy atom. The first-order valence-electron chi connectivity index (χ1n) is 6.57. The zero-order chi connectivity index (χ0) is 15.0. The molecular formula is C15H14N2O4. The van der Waals surface area contributed by atoms with Crippen LogP contribution in [0.3, 0.4) is 0 Å². The number of aromatic amines is 1. The number of carbonyl (C=O) groups is 1. The molecule has 3 rings (SSSR count). The van der Waals surface area contributed by atoms with E-state index in [-0.39, 0.29) is 17.3 Å². The van der Waals surface area contributed by atoms with E-state index in [0.717, 1.165) is 5.76 Å². The fourth-order valence-corrected chi connectivity index (χ4v) is 2.58. The molecule has 3 aromatic rings. The van der Waals surface area contributed by atoms with Crippen molar-refractivity contribution in [1.29, 1.82) is 0 Å². The summed E-state index contributed by atoms with van der Waals surface area (Å²) in [5, 5.41) is 9.18. The van der Waals surface area contributed by atoms with Crippen LogP contribution in [0.2, 0.25) is 0 Å². The zero-order valence-corrected chi connectivity index (χ0v) is 11.4. The second kappa shape index (κ2) is 4.97. The smallest absolute Gasteiger partial charge is 0.337 e. The third kappa shape index (κ3) is 2.24. The van der Waals surface area contributed by atoms with E-state index in [4.69, 9.17) is 4.42 Å². The number of hydrogen-bond acceptors (Lipinski definition) is 3. The van der Waals surface area contributed by atoms with Gasteiger partial charge >= 0.3 is 11.7 Å². The van der Waals surface area contributed by atoms with E-state index in [1.54, 1.807) is 29.0 Å². The van der Waals surface area contributed by atoms with Crippen LogP contribution in [0.1, 0.15) is 29.1 Å². The molecule has 0 radical (unpaired) electrons. The molecule has 1 aromatic carbocycles. The average Bonchev–Trinajstić information content (AvgIpc) is 3.03. The van der Waals surface area contributed by atoms with Crippen molar-refractivity contribution in [2.75, 3.05) is 0 Å². The van der Waals surface area contributed by atoms with Gasteiger partial charge in [-0.25, -0.2) is 9.59 Å². The van der Waals surface area contributed by atoms with E-state index in [9.17, 15) is 14.7 Å². The quantitative estimate of drug-likeness (QED) is 0.771. The molecular weight excluding hydrogens is 272 g/mol. The summed E-state index contributed by atoms with van der Waals surface area (Å²) in [7, 11) is 0. The number of furan rings is 1. The number of aromatic carboxylic acids is 1. The number of nitrogens with zero attached hydrogens (tertiary/aromatic N) is 1. The number of imidazole rings is 1. The Hall–Kier alpha value is -2.76. The van der Waals surface area contributed by atoms with Crippen molar-refractivity contribution in [3.05, 3.63) is 58.4 Å². The number of fused-ring (bicyclic) bond motifs is 1. The van der Waals surface area contributed by atoms with Gasteiger partial charge in [0, 0.05) is 12.5 Å². The number of aromatic nitrogens is 2. The lowest BCUT2D eigenvalue weighted by molar-refractivity contribution is 0.0699. The van der Waals surface area contributed by atoms with Gasteiger partial charge in [-0.1, -0.05) is 6.07 Å². The molecule has 2 aromatic heterocycles. The number of H-pyrrole nitrogens is 1. The Kier molecular flexibility index (Phi) is 3.13. The first-order valence-corrected chi connectivity index (χ1v) is 6.57. The van der Waals surface area contributed by atoms with Gasteiger partial charge in [-0.3, -0.25) is 4.57 Å². The minimum atomic E-state index is -1.06. The Labute approximate surface area is 119 Å². The molecule has 0 fully saturated rings. The predicted octanol–water partition coefficient (Wildman–Crippen LogP) is 2.42. The third-order valence-corrected chi connectivity index (χ3v) is 3.50. The highest BCUT2D eigenvalue weighted by Gasteiger charge is 2.18. The Morgan fingerprint density at radius 2 is 2.19 bits per heavy atom. The summed E-state index contributed by atoms with van der Waals surface area (Å²) in [4.78, 5) is 26.0. The van der Waals surface area contributed by atoms with E-state index in [1.807, 2.05) is 13.0 Å². The van der Waals surface area contributed by atoms with Crippen LogP contribution in [0, 0.1) is 0 Å². The third-order valence-electron chi connectivity index (χ3n) is 3.50. The molecule has 0 spiro atoms. The van der Waals surface area contributed by atoms with Gasteiger partial charge in [0.2, 0.25) is 0 Å². The largest absolute Gasteiger partial charge is 0.478 e. The molecule has 0 aliphatic heterocycles. The van der Waals surface area contributed by atoms with E-state index in [0.29, 0.717) is 17.5 Å². The molecule has 0 saturated carbocycles. The van der Waals surface area contributed by atoms with Gasteiger partial charge in [0.1, 0.15) is 5.76 Å². The van der Waals surface area contributed by atoms with E-state index in [2.05, 4.69) is 4.98 Å². The molecule has 0 amide bonds. The van der Waals surface area contributed by atoms with Gasteiger partial charge in [-0.2, -0.15) is 0 Å². The summed E-state index contributed by atoms with van der Waals surface area (Å²) in [6, 6.07) is 8.33. The van der Waals surface area contributed by atoms with Gasteiger partial charge in [0.15, 0.2) is 0 Å². The number of para-hydroxylation sites is 1. The molecule has 108 valence electrons. The summed E-state index contributed by atoms with van der Waals surface area (Å²) in [6.45, 7) is 1.89. The Balaban J connectivity index is 2.10. The van der Waals surface area contributed by atoms with Crippen molar-refractivity contribution >= 4 is 17.0 Å². The van der Waals surface area contributed by atoms with Crippen molar-refractivity contribution in [2.24, 2.45) is 0 Å². The van der Waals surface area contributed by atoms with Crippen LogP contribution >= 0.6 is 0 Å². The molecule has 21 heavy (non-hydrogen) atoms. The molecule has 6 heteroatoms. The Morgan fingerprint density at radius 1 is 1.38 bits per heavy atom. The highest BCUT2D eigenvalue weighted by atomic mass is 16.4. The van der Waals surface area contributed by atoms with Gasteiger partial charge in [-0.15, -0.1) is 0 Å². The SMILES string of the molecule is CC(Cc1ccco1)n1c(=O)[nH]c2c(C(=O)O)cccc21. The molecule has 2 N–H and O–H groups in total. The second-order valence-corrected chi connectivity index (χ2v) is 4.94. The van der Waals surface area contributed by atoms with Crippen molar-refractivity contribution in [2.45, 2.75) is 19.4 Å². The maximum atomic E-state index is 12.2. The van der Waals surface area contributed by atoms with Gasteiger partial charge in [0.25, 0.3) is 0 Å². The first-order chi connectivity index (χ1) is 10.1. The predicted molar refractivity (Wildman–Crippen MR) is 76.6 cm³/mol. The van der Waals surface area contributed by atoms with Crippen LogP contribution in [-0.2, 0) is 6.42 Å². The minimum Gasteiger partial charge on any atom is -0.478 e. The fraction of sp³-hybridized carbons (Fsp3) is 0.200. The molecule has 0 bridgehead atoms. The molecule has 0 aliphatic carbocycles. The maximum absolute atomic E-state index is 12.2. The maximum Gasteiger partial charge on any atom is 0.337 e. The lowest BCUT2D eigenvalue weighted by Gasteiger charge is -2.12. The van der Waals surface area contributed by atoms with Crippen LogP contribution in [0.5, 0.6) is 0 Å². The zero-order valence-electron chi connectivity index (χ0n) is 11.4. The van der Waals surface area contributed by atoms with Crippen molar-refractivity contribution in [3.63, 3.8) is 0 Å². The highest BCUT2D eigenvalue weighted by molar-refractivity contribution is 6.00. The Bertz CT molecular complexity index is 842. The van der Waals surface area contributed by atoms with Crippen molar-refractivity contribution < 1.29 is 14.3 Å². The summed E-state index contributed by atoms with van der Waals surface area (Å²) in [5.41, 5.74) is 0.701. The highest BCUT2D eigenvalue weighted by Crippen LogP contribution is 2.21. The minimum absolute atomic E-state index is 0.0912. The van der Waals surface area contributed by atoms with Crippen LogP contribution < -0.4 is 5.69 Å². The van der Waals surface area contributed by atoms with Crippen molar-refractivity contribution in [1.82, 2.24) is 9.55 Å². The molecule has 0 saturated heterocycles. The van der Waals surface area contributed by atoms with Gasteiger partial charge in [-0.05, 0) is 31.2 Å².